The quantitative estimate of drug-likeness (QED) is 0.0589. The highest BCUT2D eigenvalue weighted by Gasteiger charge is 2.37. The Morgan fingerprint density at radius 3 is 1.08 bits per heavy atom. The molecule has 0 bridgehead atoms. The standard InChI is InChI=1S/C16H20O3.4C14H9F3O2.C14H12O3/c1-15(2)9-13(10-16(3,4)19-15)11-5-7-12(8-6-11)14(17)18;15-14(16,17)12-6-2-4-10(8-12)9-3-1-5-11(7-9)13(18)19;15-14(16,17)12-7-2-1-6-11(12)9-4-3-5-10(8-9)13(18)19;15-14(16,17)12-6-4-9(5-7-12)10-2-1-3-11(8-10)13(18)19;15-14(16,17)12-7-10(6-11(8-12)13(18)19)9-4-2-1-3-5-9;1-17-13-7-5-10(6-8-13)11-3-2-4-12(9-11)14(15)16/h5-9H,10H2,1-4H3,(H,17,18);4*1-8H,(H,18,19);2-9H,1H3,(H,15,16). The molecule has 1 aliphatic heterocycles. The second-order valence-corrected chi connectivity index (χ2v) is 25.6. The first kappa shape index (κ1) is 86.1. The first-order chi connectivity index (χ1) is 52.4. The molecule has 6 N–H and O–H groups in total. The van der Waals surface area contributed by atoms with Crippen LogP contribution in [0.1, 0.15) is 124 Å². The van der Waals surface area contributed by atoms with Gasteiger partial charge in [0, 0.05) is 6.42 Å². The van der Waals surface area contributed by atoms with Crippen molar-refractivity contribution in [2.24, 2.45) is 0 Å². The summed E-state index contributed by atoms with van der Waals surface area (Å²) in [4.78, 5) is 65.1. The van der Waals surface area contributed by atoms with Gasteiger partial charge in [-0.1, -0.05) is 146 Å². The number of benzene rings is 11. The molecule has 0 fully saturated rings. The number of hydrogen-bond donors (Lipinski definition) is 6. The number of methoxy groups -OCH3 is 1. The van der Waals surface area contributed by atoms with Crippen LogP contribution in [-0.2, 0) is 29.4 Å². The summed E-state index contributed by atoms with van der Waals surface area (Å²) in [5, 5.41) is 53.3. The Kier molecular flexibility index (Phi) is 28.4. The van der Waals surface area contributed by atoms with E-state index < -0.39 is 82.8 Å². The average Bonchev–Trinajstić information content (AvgIpc) is 0.778. The van der Waals surface area contributed by atoms with E-state index in [-0.39, 0.29) is 50.1 Å². The van der Waals surface area contributed by atoms with E-state index in [9.17, 15) is 81.5 Å². The van der Waals surface area contributed by atoms with Crippen molar-refractivity contribution in [3.63, 3.8) is 0 Å². The lowest BCUT2D eigenvalue weighted by Gasteiger charge is -2.40. The third-order valence-corrected chi connectivity index (χ3v) is 16.3. The Labute approximate surface area is 633 Å². The lowest BCUT2D eigenvalue weighted by molar-refractivity contribution is -0.138. The highest BCUT2D eigenvalue weighted by atomic mass is 19.4. The largest absolute Gasteiger partial charge is 0.497 e. The van der Waals surface area contributed by atoms with Crippen LogP contribution in [-0.4, -0.2) is 84.8 Å². The van der Waals surface area contributed by atoms with Crippen LogP contribution in [0.4, 0.5) is 52.7 Å². The molecule has 14 nitrogen and oxygen atoms in total. The predicted octanol–water partition coefficient (Wildman–Crippen LogP) is 23.1. The summed E-state index contributed by atoms with van der Waals surface area (Å²) in [6, 6.07) is 64.3. The molecule has 0 radical (unpaired) electrons. The molecule has 0 saturated carbocycles. The normalized spacial score (nSPS) is 12.7. The third kappa shape index (κ3) is 25.2. The monoisotopic (exact) mass is 1550 g/mol. The molecular formula is C86H68F12O14. The van der Waals surface area contributed by atoms with Crippen LogP contribution in [0.2, 0.25) is 0 Å². The van der Waals surface area contributed by atoms with Crippen LogP contribution < -0.4 is 4.74 Å². The fraction of sp³-hybridized carbons (Fsp3) is 0.140. The summed E-state index contributed by atoms with van der Waals surface area (Å²) in [6.45, 7) is 8.24. The van der Waals surface area contributed by atoms with E-state index >= 15 is 0 Å². The number of carboxylic acids is 6. The molecule has 0 atom stereocenters. The molecule has 0 unspecified atom stereocenters. The zero-order valence-corrected chi connectivity index (χ0v) is 59.7. The average molecular weight is 1550 g/mol. The highest BCUT2D eigenvalue weighted by Crippen LogP contribution is 2.41. The van der Waals surface area contributed by atoms with Gasteiger partial charge in [-0.2, -0.15) is 52.7 Å². The second kappa shape index (κ2) is 36.9. The Morgan fingerprint density at radius 2 is 0.661 bits per heavy atom. The molecule has 1 aliphatic rings. The molecule has 0 aliphatic carbocycles. The van der Waals surface area contributed by atoms with E-state index in [0.717, 1.165) is 65.3 Å². The topological polar surface area (TPSA) is 242 Å². The van der Waals surface area contributed by atoms with Crippen molar-refractivity contribution in [3.05, 3.63) is 334 Å². The summed E-state index contributed by atoms with van der Waals surface area (Å²) in [6.07, 6.45) is -14.9. The second-order valence-electron chi connectivity index (χ2n) is 25.6. The van der Waals surface area contributed by atoms with E-state index in [1.54, 1.807) is 86.0 Å². The van der Waals surface area contributed by atoms with Gasteiger partial charge in [0.25, 0.3) is 0 Å². The van der Waals surface area contributed by atoms with Gasteiger partial charge in [0.1, 0.15) is 5.75 Å². The molecular weight excluding hydrogens is 1480 g/mol. The molecule has 11 aromatic rings. The van der Waals surface area contributed by atoms with Crippen molar-refractivity contribution in [1.82, 2.24) is 0 Å². The van der Waals surface area contributed by atoms with Crippen molar-refractivity contribution < 1.29 is 122 Å². The molecule has 0 saturated heterocycles. The van der Waals surface area contributed by atoms with Crippen molar-refractivity contribution in [3.8, 4) is 61.4 Å². The maximum Gasteiger partial charge on any atom is 0.417 e. The van der Waals surface area contributed by atoms with Gasteiger partial charge < -0.3 is 40.1 Å². The van der Waals surface area contributed by atoms with Gasteiger partial charge >= 0.3 is 60.5 Å². The summed E-state index contributed by atoms with van der Waals surface area (Å²) in [7, 11) is 1.61. The molecule has 112 heavy (non-hydrogen) atoms. The minimum absolute atomic E-state index is 0.0295. The minimum Gasteiger partial charge on any atom is -0.497 e. The predicted molar refractivity (Wildman–Crippen MR) is 396 cm³/mol. The van der Waals surface area contributed by atoms with Gasteiger partial charge in [-0.15, -0.1) is 0 Å². The Balaban J connectivity index is 0.000000187. The molecule has 0 aromatic heterocycles. The summed E-state index contributed by atoms with van der Waals surface area (Å²) < 4.78 is 163. The lowest BCUT2D eigenvalue weighted by Crippen LogP contribution is -2.39. The first-order valence-electron chi connectivity index (χ1n) is 33.2. The van der Waals surface area contributed by atoms with Crippen LogP contribution in [0.5, 0.6) is 5.75 Å². The zero-order chi connectivity index (χ0) is 82.7. The molecule has 1 heterocycles. The highest BCUT2D eigenvalue weighted by molar-refractivity contribution is 5.93. The summed E-state index contributed by atoms with van der Waals surface area (Å²) in [5.41, 5.74) is 3.52. The lowest BCUT2D eigenvalue weighted by atomic mass is 9.86. The SMILES string of the molecule is CC1(C)C=C(c2ccc(C(=O)O)cc2)CC(C)(C)O1.COc1ccc(-c2cccc(C(=O)O)c2)cc1.O=C(O)c1cc(-c2ccccc2)cc(C(F)(F)F)c1.O=C(O)c1cccc(-c2ccc(C(F)(F)F)cc2)c1.O=C(O)c1cccc(-c2cccc(C(F)(F)F)c2)c1.O=C(O)c1cccc(-c2ccccc2C(F)(F)F)c1. The van der Waals surface area contributed by atoms with E-state index in [2.05, 4.69) is 19.9 Å². The third-order valence-electron chi connectivity index (χ3n) is 16.3. The Bertz CT molecular complexity index is 5160. The number of carboxylic acid groups (broad SMARTS) is 6. The summed E-state index contributed by atoms with van der Waals surface area (Å²) in [5.74, 6) is -5.78. The van der Waals surface area contributed by atoms with Gasteiger partial charge in [-0.05, 0) is 222 Å². The number of halogens is 12. The Hall–Kier alpha value is -13.1. The number of ether oxygens (including phenoxy) is 2. The van der Waals surface area contributed by atoms with Gasteiger partial charge in [0.15, 0.2) is 0 Å². The molecule has 0 spiro atoms. The first-order valence-corrected chi connectivity index (χ1v) is 33.2. The number of hydrogen-bond acceptors (Lipinski definition) is 8. The van der Waals surface area contributed by atoms with Crippen molar-refractivity contribution >= 4 is 41.4 Å². The van der Waals surface area contributed by atoms with E-state index in [1.807, 2.05) is 56.3 Å². The maximum atomic E-state index is 12.9. The molecule has 12 rings (SSSR count). The van der Waals surface area contributed by atoms with Gasteiger partial charge in [0.2, 0.25) is 0 Å². The van der Waals surface area contributed by atoms with Crippen LogP contribution in [0.25, 0.3) is 61.2 Å². The van der Waals surface area contributed by atoms with Crippen LogP contribution in [0.3, 0.4) is 0 Å². The van der Waals surface area contributed by atoms with Gasteiger partial charge in [-0.3, -0.25) is 0 Å². The number of alkyl halides is 12. The smallest absolute Gasteiger partial charge is 0.417 e. The van der Waals surface area contributed by atoms with E-state index in [4.69, 9.17) is 40.1 Å². The fourth-order valence-corrected chi connectivity index (χ4v) is 11.2. The van der Waals surface area contributed by atoms with Crippen molar-refractivity contribution in [1.29, 1.82) is 0 Å². The van der Waals surface area contributed by atoms with Crippen LogP contribution >= 0.6 is 0 Å². The Morgan fingerprint density at radius 1 is 0.312 bits per heavy atom. The number of carbonyl (C=O) groups is 6. The number of aromatic carboxylic acids is 6. The minimum atomic E-state index is -4.57. The molecule has 580 valence electrons. The van der Waals surface area contributed by atoms with Crippen LogP contribution in [0, 0.1) is 0 Å². The van der Waals surface area contributed by atoms with E-state index in [1.165, 1.54) is 109 Å². The fourth-order valence-electron chi connectivity index (χ4n) is 11.2. The summed E-state index contributed by atoms with van der Waals surface area (Å²) >= 11 is 0. The molecule has 0 amide bonds. The molecule has 26 heteroatoms. The zero-order valence-electron chi connectivity index (χ0n) is 59.7. The number of rotatable bonds is 13. The van der Waals surface area contributed by atoms with Crippen molar-refractivity contribution in [2.75, 3.05) is 7.11 Å². The van der Waals surface area contributed by atoms with Crippen molar-refractivity contribution in [2.45, 2.75) is 70.0 Å². The van der Waals surface area contributed by atoms with E-state index in [0.29, 0.717) is 45.0 Å². The van der Waals surface area contributed by atoms with Crippen LogP contribution in [0.15, 0.2) is 273 Å². The maximum absolute atomic E-state index is 12.9. The van der Waals surface area contributed by atoms with Gasteiger partial charge in [-0.25, -0.2) is 28.8 Å². The van der Waals surface area contributed by atoms with Gasteiger partial charge in [0.05, 0.1) is 73.9 Å². The molecule has 11 aromatic carbocycles.